The van der Waals surface area contributed by atoms with E-state index in [9.17, 15) is 4.39 Å². The van der Waals surface area contributed by atoms with Crippen molar-refractivity contribution in [1.82, 2.24) is 9.97 Å². The van der Waals surface area contributed by atoms with Gasteiger partial charge in [0.1, 0.15) is 0 Å². The summed E-state index contributed by atoms with van der Waals surface area (Å²) in [7, 11) is 0. The lowest BCUT2D eigenvalue weighted by molar-refractivity contribution is 0.290. The molecule has 0 atom stereocenters. The summed E-state index contributed by atoms with van der Waals surface area (Å²) in [4.78, 5) is 8.81. The SMILES string of the molecule is CCCCCCOc1ccc(-c2cnc(CCCC)cn2)cc1F. The van der Waals surface area contributed by atoms with Crippen molar-refractivity contribution in [2.75, 3.05) is 6.61 Å². The Morgan fingerprint density at radius 2 is 1.79 bits per heavy atom. The monoisotopic (exact) mass is 330 g/mol. The Bertz CT molecular complexity index is 614. The van der Waals surface area contributed by atoms with E-state index >= 15 is 0 Å². The van der Waals surface area contributed by atoms with Crippen LogP contribution in [-0.4, -0.2) is 16.6 Å². The molecule has 0 unspecified atom stereocenters. The molecule has 0 aliphatic heterocycles. The Morgan fingerprint density at radius 1 is 0.958 bits per heavy atom. The van der Waals surface area contributed by atoms with Crippen LogP contribution in [0.2, 0.25) is 0 Å². The molecule has 130 valence electrons. The third kappa shape index (κ3) is 5.59. The third-order valence-corrected chi connectivity index (χ3v) is 3.97. The quantitative estimate of drug-likeness (QED) is 0.533. The highest BCUT2D eigenvalue weighted by Crippen LogP contribution is 2.24. The van der Waals surface area contributed by atoms with Crippen LogP contribution in [-0.2, 0) is 6.42 Å². The Hall–Kier alpha value is -1.97. The molecule has 0 saturated heterocycles. The second-order valence-electron chi connectivity index (χ2n) is 6.05. The predicted molar refractivity (Wildman–Crippen MR) is 95.7 cm³/mol. The van der Waals surface area contributed by atoms with Gasteiger partial charge in [-0.3, -0.25) is 9.97 Å². The lowest BCUT2D eigenvalue weighted by Gasteiger charge is -2.09. The molecule has 0 radical (unpaired) electrons. The maximum absolute atomic E-state index is 14.2. The summed E-state index contributed by atoms with van der Waals surface area (Å²) in [5.74, 6) is -0.0392. The molecule has 0 N–H and O–H groups in total. The van der Waals surface area contributed by atoms with Crippen LogP contribution in [0.4, 0.5) is 4.39 Å². The number of ether oxygens (including phenoxy) is 1. The number of aryl methyl sites for hydroxylation is 1. The van der Waals surface area contributed by atoms with Gasteiger partial charge >= 0.3 is 0 Å². The van der Waals surface area contributed by atoms with Crippen molar-refractivity contribution in [3.8, 4) is 17.0 Å². The van der Waals surface area contributed by atoms with Crippen LogP contribution in [0.1, 0.15) is 58.1 Å². The normalized spacial score (nSPS) is 10.8. The fourth-order valence-electron chi connectivity index (χ4n) is 2.48. The topological polar surface area (TPSA) is 35.0 Å². The van der Waals surface area contributed by atoms with Crippen LogP contribution in [0, 0.1) is 5.82 Å². The number of hydrogen-bond acceptors (Lipinski definition) is 3. The molecule has 0 aliphatic rings. The number of aromatic nitrogens is 2. The molecule has 1 heterocycles. The fourth-order valence-corrected chi connectivity index (χ4v) is 2.48. The van der Waals surface area contributed by atoms with Gasteiger partial charge in [-0.1, -0.05) is 39.5 Å². The molecule has 2 rings (SSSR count). The minimum absolute atomic E-state index is 0.308. The lowest BCUT2D eigenvalue weighted by Crippen LogP contribution is -2.00. The van der Waals surface area contributed by atoms with E-state index in [1.807, 2.05) is 6.07 Å². The summed E-state index contributed by atoms with van der Waals surface area (Å²) < 4.78 is 19.7. The number of hydrogen-bond donors (Lipinski definition) is 0. The van der Waals surface area contributed by atoms with E-state index in [-0.39, 0.29) is 5.82 Å². The number of nitrogens with zero attached hydrogens (tertiary/aromatic N) is 2. The first-order chi connectivity index (χ1) is 11.7. The Labute approximate surface area is 144 Å². The van der Waals surface area contributed by atoms with Crippen LogP contribution in [0.25, 0.3) is 11.3 Å². The molecule has 1 aromatic heterocycles. The Kier molecular flexibility index (Phi) is 7.66. The molecule has 0 saturated carbocycles. The van der Waals surface area contributed by atoms with Gasteiger partial charge in [0.15, 0.2) is 11.6 Å². The Balaban J connectivity index is 1.95. The number of halogens is 1. The number of unbranched alkanes of at least 4 members (excludes halogenated alkanes) is 4. The van der Waals surface area contributed by atoms with E-state index in [0.717, 1.165) is 43.4 Å². The molecule has 0 aliphatic carbocycles. The van der Waals surface area contributed by atoms with Gasteiger partial charge in [-0.05, 0) is 37.5 Å². The van der Waals surface area contributed by atoms with Gasteiger partial charge in [0.05, 0.1) is 24.2 Å². The fraction of sp³-hybridized carbons (Fsp3) is 0.500. The zero-order chi connectivity index (χ0) is 17.2. The molecule has 0 amide bonds. The van der Waals surface area contributed by atoms with E-state index in [2.05, 4.69) is 23.8 Å². The van der Waals surface area contributed by atoms with Crippen molar-refractivity contribution < 1.29 is 9.13 Å². The summed E-state index contributed by atoms with van der Waals surface area (Å²) >= 11 is 0. The van der Waals surface area contributed by atoms with E-state index in [4.69, 9.17) is 4.74 Å². The highest BCUT2D eigenvalue weighted by molar-refractivity contribution is 5.59. The van der Waals surface area contributed by atoms with Crippen LogP contribution >= 0.6 is 0 Å². The van der Waals surface area contributed by atoms with Crippen LogP contribution in [0.15, 0.2) is 30.6 Å². The van der Waals surface area contributed by atoms with E-state index in [1.54, 1.807) is 18.5 Å². The first kappa shape index (κ1) is 18.4. The maximum Gasteiger partial charge on any atom is 0.165 e. The van der Waals surface area contributed by atoms with Crippen LogP contribution in [0.3, 0.4) is 0 Å². The molecule has 0 fully saturated rings. The Morgan fingerprint density at radius 3 is 2.46 bits per heavy atom. The first-order valence-electron chi connectivity index (χ1n) is 8.98. The largest absolute Gasteiger partial charge is 0.491 e. The molecule has 0 bridgehead atoms. The standard InChI is InChI=1S/C20H27FN2O/c1-3-5-7-8-12-24-20-11-10-16(13-18(20)21)19-15-22-17(14-23-19)9-6-4-2/h10-11,13-15H,3-9,12H2,1-2H3. The number of rotatable bonds is 10. The molecule has 1 aromatic carbocycles. The highest BCUT2D eigenvalue weighted by Gasteiger charge is 2.08. The second-order valence-corrected chi connectivity index (χ2v) is 6.05. The molecule has 24 heavy (non-hydrogen) atoms. The molecular weight excluding hydrogens is 303 g/mol. The average molecular weight is 330 g/mol. The predicted octanol–water partition coefficient (Wildman–Crippen LogP) is 5.58. The second kappa shape index (κ2) is 10.0. The molecular formula is C20H27FN2O. The molecule has 0 spiro atoms. The maximum atomic E-state index is 14.2. The summed E-state index contributed by atoms with van der Waals surface area (Å²) in [5, 5.41) is 0. The lowest BCUT2D eigenvalue weighted by atomic mass is 10.1. The van der Waals surface area contributed by atoms with Crippen LogP contribution in [0.5, 0.6) is 5.75 Å². The minimum Gasteiger partial charge on any atom is -0.491 e. The average Bonchev–Trinajstić information content (AvgIpc) is 2.61. The number of benzene rings is 1. The first-order valence-corrected chi connectivity index (χ1v) is 8.98. The third-order valence-electron chi connectivity index (χ3n) is 3.97. The van der Waals surface area contributed by atoms with Gasteiger partial charge < -0.3 is 4.74 Å². The van der Waals surface area contributed by atoms with E-state index in [0.29, 0.717) is 18.1 Å². The zero-order valence-corrected chi connectivity index (χ0v) is 14.7. The van der Waals surface area contributed by atoms with Crippen molar-refractivity contribution in [1.29, 1.82) is 0 Å². The zero-order valence-electron chi connectivity index (χ0n) is 14.7. The molecule has 2 aromatic rings. The van der Waals surface area contributed by atoms with Gasteiger partial charge in [0.25, 0.3) is 0 Å². The summed E-state index contributed by atoms with van der Waals surface area (Å²) in [6.45, 7) is 4.87. The highest BCUT2D eigenvalue weighted by atomic mass is 19.1. The smallest absolute Gasteiger partial charge is 0.165 e. The summed E-state index contributed by atoms with van der Waals surface area (Å²) in [5.41, 5.74) is 2.39. The van der Waals surface area contributed by atoms with Gasteiger partial charge in [-0.2, -0.15) is 0 Å². The van der Waals surface area contributed by atoms with Crippen molar-refractivity contribution in [2.24, 2.45) is 0 Å². The minimum atomic E-state index is -0.347. The van der Waals surface area contributed by atoms with Crippen molar-refractivity contribution in [3.63, 3.8) is 0 Å². The van der Waals surface area contributed by atoms with E-state index < -0.39 is 0 Å². The van der Waals surface area contributed by atoms with Crippen LogP contribution < -0.4 is 4.74 Å². The summed E-state index contributed by atoms with van der Waals surface area (Å²) in [6.07, 6.45) is 11.1. The van der Waals surface area contributed by atoms with Crippen molar-refractivity contribution >= 4 is 0 Å². The van der Waals surface area contributed by atoms with Gasteiger partial charge in [0.2, 0.25) is 0 Å². The van der Waals surface area contributed by atoms with Crippen molar-refractivity contribution in [2.45, 2.75) is 58.8 Å². The summed E-state index contributed by atoms with van der Waals surface area (Å²) in [6, 6.07) is 4.98. The van der Waals surface area contributed by atoms with Crippen molar-refractivity contribution in [3.05, 3.63) is 42.1 Å². The molecule has 4 heteroatoms. The van der Waals surface area contributed by atoms with Gasteiger partial charge in [0, 0.05) is 11.8 Å². The molecule has 3 nitrogen and oxygen atoms in total. The van der Waals surface area contributed by atoms with Gasteiger partial charge in [-0.25, -0.2) is 4.39 Å². The van der Waals surface area contributed by atoms with E-state index in [1.165, 1.54) is 18.9 Å². The van der Waals surface area contributed by atoms with Gasteiger partial charge in [-0.15, -0.1) is 0 Å².